The molecule has 0 aromatic carbocycles. The van der Waals surface area contributed by atoms with Gasteiger partial charge in [-0.2, -0.15) is 0 Å². The molecule has 5 heteroatoms. The van der Waals surface area contributed by atoms with Crippen LogP contribution in [0.3, 0.4) is 0 Å². The van der Waals surface area contributed by atoms with Gasteiger partial charge in [0.25, 0.3) is 0 Å². The maximum absolute atomic E-state index is 0. The van der Waals surface area contributed by atoms with Gasteiger partial charge in [0.15, 0.2) is 0 Å². The maximum atomic E-state index is 0. The van der Waals surface area contributed by atoms with E-state index in [0.29, 0.717) is 0 Å². The van der Waals surface area contributed by atoms with E-state index in [0.717, 1.165) is 0 Å². The van der Waals surface area contributed by atoms with Gasteiger partial charge >= 0.3 is 98.8 Å². The van der Waals surface area contributed by atoms with Crippen LogP contribution < -0.4 is 0 Å². The third-order valence-corrected chi connectivity index (χ3v) is 0. The van der Waals surface area contributed by atoms with E-state index in [1.807, 2.05) is 0 Å². The van der Waals surface area contributed by atoms with Crippen LogP contribution >= 0.6 is 0 Å². The van der Waals surface area contributed by atoms with Crippen LogP contribution in [-0.4, -0.2) is 0 Å². The van der Waals surface area contributed by atoms with Crippen LogP contribution in [0.25, 0.3) is 0 Å². The maximum Gasteiger partial charge on any atom is 3.00 e. The van der Waals surface area contributed by atoms with Crippen molar-refractivity contribution in [2.45, 2.75) is 0 Å². The standard InChI is InChI=1S/2Eu.2O.S/q2*+3;3*-2. The third-order valence-electron chi connectivity index (χ3n) is 0. The molecule has 0 heterocycles. The van der Waals surface area contributed by atoms with E-state index in [-0.39, 0.29) is 123 Å². The van der Waals surface area contributed by atoms with Crippen LogP contribution in [0.4, 0.5) is 0 Å². The molecule has 0 radical (unpaired) electrons. The van der Waals surface area contributed by atoms with Gasteiger partial charge in [-0.3, -0.25) is 0 Å². The molecule has 2 nitrogen and oxygen atoms in total. The average Bonchev–Trinajstić information content (AvgIpc) is 0. The van der Waals surface area contributed by atoms with E-state index >= 15 is 0 Å². The summed E-state index contributed by atoms with van der Waals surface area (Å²) in [6.07, 6.45) is 0. The van der Waals surface area contributed by atoms with Crippen LogP contribution in [0, 0.1) is 98.8 Å². The van der Waals surface area contributed by atoms with Crippen molar-refractivity contribution in [2.75, 3.05) is 0 Å². The Morgan fingerprint density at radius 2 is 0.600 bits per heavy atom. The van der Waals surface area contributed by atoms with Gasteiger partial charge in [0.05, 0.1) is 0 Å². The fourth-order valence-corrected chi connectivity index (χ4v) is 0. The van der Waals surface area contributed by atoms with E-state index < -0.39 is 0 Å². The summed E-state index contributed by atoms with van der Waals surface area (Å²) in [7, 11) is 0. The van der Waals surface area contributed by atoms with Crippen LogP contribution in [-0.2, 0) is 24.4 Å². The van der Waals surface area contributed by atoms with Gasteiger partial charge in [-0.25, -0.2) is 0 Å². The van der Waals surface area contributed by atoms with Crippen molar-refractivity contribution in [1.29, 1.82) is 0 Å². The molecule has 0 aromatic rings. The topological polar surface area (TPSA) is 57.0 Å². The second kappa shape index (κ2) is 26.1. The Morgan fingerprint density at radius 3 is 0.600 bits per heavy atom. The Kier molecular flexibility index (Phi) is 206. The van der Waals surface area contributed by atoms with Gasteiger partial charge in [0, 0.05) is 0 Å². The minimum Gasteiger partial charge on any atom is -2.00 e. The zero-order chi connectivity index (χ0) is 0. The molecule has 0 rings (SSSR count). The molecule has 0 atom stereocenters. The Hall–Kier alpha value is 3.44. The first kappa shape index (κ1) is 39.5. The molecule has 0 saturated carbocycles. The Labute approximate surface area is 120 Å². The molecule has 0 aliphatic rings. The Bertz CT molecular complexity index is 7.61. The van der Waals surface area contributed by atoms with Gasteiger partial charge in [-0.1, -0.05) is 0 Å². The molecular formula is Eu2O2S. The van der Waals surface area contributed by atoms with Gasteiger partial charge in [-0.05, 0) is 0 Å². The van der Waals surface area contributed by atoms with E-state index in [1.54, 1.807) is 0 Å². The molecule has 0 N–H and O–H groups in total. The van der Waals surface area contributed by atoms with Crippen molar-refractivity contribution in [3.63, 3.8) is 0 Å². The summed E-state index contributed by atoms with van der Waals surface area (Å²) in [5, 5.41) is 0. The number of hydrogen-bond acceptors (Lipinski definition) is 0. The summed E-state index contributed by atoms with van der Waals surface area (Å²) >= 11 is 0. The summed E-state index contributed by atoms with van der Waals surface area (Å²) in [5.74, 6) is 0. The average molecular weight is 368 g/mol. The van der Waals surface area contributed by atoms with Crippen molar-refractivity contribution in [3.05, 3.63) is 0 Å². The van der Waals surface area contributed by atoms with Crippen LogP contribution in [0.1, 0.15) is 0 Å². The van der Waals surface area contributed by atoms with Gasteiger partial charge in [0.1, 0.15) is 0 Å². The molecule has 0 spiro atoms. The minimum atomic E-state index is 0. The molecule has 0 fully saturated rings. The molecule has 0 amide bonds. The Balaban J connectivity index is 0. The predicted octanol–water partition coefficient (Wildman–Crippen LogP) is -0.240. The van der Waals surface area contributed by atoms with Crippen molar-refractivity contribution in [3.8, 4) is 0 Å². The zero-order valence-electron chi connectivity index (χ0n) is 1.98. The fraction of sp³-hybridized carbons (Fsp3) is 0. The van der Waals surface area contributed by atoms with Crippen molar-refractivity contribution < 1.29 is 110 Å². The molecule has 0 aromatic heterocycles. The summed E-state index contributed by atoms with van der Waals surface area (Å²) < 4.78 is 0. The van der Waals surface area contributed by atoms with Gasteiger partial charge in [0.2, 0.25) is 0 Å². The molecule has 0 aliphatic carbocycles. The first-order valence-corrected chi connectivity index (χ1v) is 0. The molecule has 0 saturated heterocycles. The monoisotopic (exact) mass is 370 g/mol. The summed E-state index contributed by atoms with van der Waals surface area (Å²) in [5.41, 5.74) is 0. The third kappa shape index (κ3) is 18.6. The quantitative estimate of drug-likeness (QED) is 0.567. The SMILES string of the molecule is [Eu+3].[Eu+3].[O-2].[O-2].[S-2]. The van der Waals surface area contributed by atoms with E-state index in [2.05, 4.69) is 0 Å². The molecule has 5 heavy (non-hydrogen) atoms. The fourth-order valence-electron chi connectivity index (χ4n) is 0. The number of rotatable bonds is 0. The first-order chi connectivity index (χ1) is 0. The largest absolute Gasteiger partial charge is 3.00 e. The second-order valence-corrected chi connectivity index (χ2v) is 0. The zero-order valence-corrected chi connectivity index (χ0v) is 7.65. The van der Waals surface area contributed by atoms with Crippen molar-refractivity contribution in [2.24, 2.45) is 0 Å². The molecule has 0 unspecified atom stereocenters. The van der Waals surface area contributed by atoms with E-state index in [4.69, 9.17) is 0 Å². The van der Waals surface area contributed by atoms with Crippen molar-refractivity contribution >= 4 is 13.5 Å². The van der Waals surface area contributed by atoms with E-state index in [9.17, 15) is 0 Å². The predicted molar refractivity (Wildman–Crippen MR) is 8.74 cm³/mol. The second-order valence-electron chi connectivity index (χ2n) is 0. The first-order valence-electron chi connectivity index (χ1n) is 0. The minimum absolute atomic E-state index is 0. The van der Waals surface area contributed by atoms with Gasteiger partial charge < -0.3 is 24.4 Å². The molecule has 32 valence electrons. The molecule has 0 bridgehead atoms. The van der Waals surface area contributed by atoms with Crippen LogP contribution in [0.15, 0.2) is 0 Å². The Morgan fingerprint density at radius 1 is 0.600 bits per heavy atom. The molecule has 0 aliphatic heterocycles. The summed E-state index contributed by atoms with van der Waals surface area (Å²) in [6.45, 7) is 0. The summed E-state index contributed by atoms with van der Waals surface area (Å²) in [4.78, 5) is 0. The molecular weight excluding hydrogens is 368 g/mol. The smallest absolute Gasteiger partial charge is 2.00 e. The van der Waals surface area contributed by atoms with Crippen molar-refractivity contribution in [1.82, 2.24) is 0 Å². The summed E-state index contributed by atoms with van der Waals surface area (Å²) in [6, 6.07) is 0. The van der Waals surface area contributed by atoms with Gasteiger partial charge in [-0.15, -0.1) is 0 Å². The normalized spacial score (nSPS) is 0. The van der Waals surface area contributed by atoms with E-state index in [1.165, 1.54) is 0 Å². The van der Waals surface area contributed by atoms with Crippen LogP contribution in [0.5, 0.6) is 0 Å². The van der Waals surface area contributed by atoms with Crippen LogP contribution in [0.2, 0.25) is 0 Å². The number of hydrogen-bond donors (Lipinski definition) is 0.